The molecule has 6 nitrogen and oxygen atoms in total. The van der Waals surface area contributed by atoms with Gasteiger partial charge in [0.15, 0.2) is 0 Å². The Morgan fingerprint density at radius 3 is 1.88 bits per heavy atom. The summed E-state index contributed by atoms with van der Waals surface area (Å²) in [5, 5.41) is 0. The number of hydrogen-bond donors (Lipinski definition) is 0. The van der Waals surface area contributed by atoms with Crippen LogP contribution in [0.3, 0.4) is 0 Å². The molecule has 0 spiro atoms. The summed E-state index contributed by atoms with van der Waals surface area (Å²) >= 11 is 0. The molecule has 1 aromatic rings. The quantitative estimate of drug-likeness (QED) is 0.715. The van der Waals surface area contributed by atoms with Crippen LogP contribution in [0.1, 0.15) is 21.5 Å². The monoisotopic (exact) mass is 362 g/mol. The van der Waals surface area contributed by atoms with Crippen LogP contribution in [0.25, 0.3) is 0 Å². The van der Waals surface area contributed by atoms with Crippen molar-refractivity contribution < 1.29 is 19.0 Å². The lowest BCUT2D eigenvalue weighted by atomic mass is 10.0. The summed E-state index contributed by atoms with van der Waals surface area (Å²) in [6.07, 6.45) is -0.155. The Bertz CT molecular complexity index is 555. The lowest BCUT2D eigenvalue weighted by Crippen LogP contribution is -2.48. The van der Waals surface area contributed by atoms with Crippen LogP contribution in [0.4, 0.5) is 0 Å². The zero-order valence-corrected chi connectivity index (χ0v) is 15.9. The molecule has 144 valence electrons. The van der Waals surface area contributed by atoms with E-state index in [1.54, 1.807) is 0 Å². The number of morpholine rings is 2. The summed E-state index contributed by atoms with van der Waals surface area (Å²) in [7, 11) is 0. The van der Waals surface area contributed by atoms with Crippen LogP contribution in [-0.4, -0.2) is 87.6 Å². The van der Waals surface area contributed by atoms with E-state index in [2.05, 4.69) is 9.80 Å². The number of hydrogen-bond acceptors (Lipinski definition) is 6. The molecule has 0 radical (unpaired) electrons. The molecular formula is C20H30N2O4. The van der Waals surface area contributed by atoms with Crippen LogP contribution in [0.2, 0.25) is 0 Å². The number of ether oxygens (including phenoxy) is 3. The summed E-state index contributed by atoms with van der Waals surface area (Å²) in [5.41, 5.74) is 2.62. The number of rotatable bonds is 6. The second-order valence-electron chi connectivity index (χ2n) is 7.12. The van der Waals surface area contributed by atoms with Gasteiger partial charge < -0.3 is 14.2 Å². The van der Waals surface area contributed by atoms with Gasteiger partial charge in [-0.2, -0.15) is 0 Å². The third-order valence-corrected chi connectivity index (χ3v) is 5.09. The van der Waals surface area contributed by atoms with Crippen molar-refractivity contribution in [2.24, 2.45) is 0 Å². The van der Waals surface area contributed by atoms with Gasteiger partial charge in [-0.3, -0.25) is 9.80 Å². The molecule has 3 rings (SSSR count). The number of carbonyl (C=O) groups excluding carboxylic acids is 1. The molecule has 2 aliphatic heterocycles. The molecule has 0 aliphatic carbocycles. The average molecular weight is 362 g/mol. The molecule has 2 saturated heterocycles. The second-order valence-corrected chi connectivity index (χ2v) is 7.12. The molecule has 0 amide bonds. The van der Waals surface area contributed by atoms with Crippen molar-refractivity contribution in [3.63, 3.8) is 0 Å². The molecule has 0 unspecified atom stereocenters. The topological polar surface area (TPSA) is 51.2 Å². The lowest BCUT2D eigenvalue weighted by Gasteiger charge is -2.34. The SMILES string of the molecule is Cc1cccc(C)c1C(=O)OC(CN1CCOCC1)CN1CCOCC1. The lowest BCUT2D eigenvalue weighted by molar-refractivity contribution is -0.0263. The summed E-state index contributed by atoms with van der Waals surface area (Å²) < 4.78 is 16.9. The highest BCUT2D eigenvalue weighted by atomic mass is 16.5. The van der Waals surface area contributed by atoms with Crippen molar-refractivity contribution in [2.45, 2.75) is 20.0 Å². The predicted octanol–water partition coefficient (Wildman–Crippen LogP) is 1.49. The Morgan fingerprint density at radius 1 is 0.962 bits per heavy atom. The first kappa shape index (κ1) is 19.3. The van der Waals surface area contributed by atoms with E-state index in [9.17, 15) is 4.79 Å². The van der Waals surface area contributed by atoms with Gasteiger partial charge in [0.1, 0.15) is 6.10 Å². The van der Waals surface area contributed by atoms with E-state index in [-0.39, 0.29) is 12.1 Å². The number of carbonyl (C=O) groups is 1. The average Bonchev–Trinajstić information content (AvgIpc) is 2.63. The molecule has 0 bridgehead atoms. The molecule has 2 fully saturated rings. The maximum Gasteiger partial charge on any atom is 0.339 e. The highest BCUT2D eigenvalue weighted by Crippen LogP contribution is 2.16. The number of aryl methyl sites for hydroxylation is 2. The highest BCUT2D eigenvalue weighted by Gasteiger charge is 2.25. The molecule has 2 heterocycles. The van der Waals surface area contributed by atoms with Gasteiger partial charge >= 0.3 is 5.97 Å². The minimum absolute atomic E-state index is 0.155. The Labute approximate surface area is 156 Å². The van der Waals surface area contributed by atoms with Gasteiger partial charge in [-0.25, -0.2) is 4.79 Å². The van der Waals surface area contributed by atoms with Crippen LogP contribution in [-0.2, 0) is 14.2 Å². The summed E-state index contributed by atoms with van der Waals surface area (Å²) in [5.74, 6) is -0.216. The normalized spacial score (nSPS) is 19.7. The van der Waals surface area contributed by atoms with E-state index in [1.807, 2.05) is 32.0 Å². The van der Waals surface area contributed by atoms with Crippen LogP contribution < -0.4 is 0 Å². The molecule has 0 N–H and O–H groups in total. The molecule has 0 aromatic heterocycles. The largest absolute Gasteiger partial charge is 0.456 e. The van der Waals surface area contributed by atoms with E-state index in [0.717, 1.165) is 76.8 Å². The van der Waals surface area contributed by atoms with Crippen molar-refractivity contribution in [3.8, 4) is 0 Å². The third-order valence-electron chi connectivity index (χ3n) is 5.09. The van der Waals surface area contributed by atoms with E-state index >= 15 is 0 Å². The van der Waals surface area contributed by atoms with Crippen molar-refractivity contribution >= 4 is 5.97 Å². The summed E-state index contributed by atoms with van der Waals surface area (Å²) in [6.45, 7) is 12.0. The van der Waals surface area contributed by atoms with E-state index in [4.69, 9.17) is 14.2 Å². The highest BCUT2D eigenvalue weighted by molar-refractivity contribution is 5.92. The predicted molar refractivity (Wildman–Crippen MR) is 99.6 cm³/mol. The fraction of sp³-hybridized carbons (Fsp3) is 0.650. The van der Waals surface area contributed by atoms with Crippen molar-refractivity contribution in [2.75, 3.05) is 65.7 Å². The Hall–Kier alpha value is -1.47. The fourth-order valence-electron chi connectivity index (χ4n) is 3.62. The Morgan fingerprint density at radius 2 is 1.42 bits per heavy atom. The van der Waals surface area contributed by atoms with Crippen LogP contribution in [0, 0.1) is 13.8 Å². The fourth-order valence-corrected chi connectivity index (χ4v) is 3.62. The van der Waals surface area contributed by atoms with Gasteiger partial charge in [0, 0.05) is 39.3 Å². The molecular weight excluding hydrogens is 332 g/mol. The van der Waals surface area contributed by atoms with Gasteiger partial charge in [0.05, 0.1) is 32.0 Å². The van der Waals surface area contributed by atoms with Crippen molar-refractivity contribution in [1.82, 2.24) is 9.80 Å². The maximum atomic E-state index is 12.9. The van der Waals surface area contributed by atoms with Gasteiger partial charge in [0.25, 0.3) is 0 Å². The maximum absolute atomic E-state index is 12.9. The van der Waals surface area contributed by atoms with Gasteiger partial charge in [-0.15, -0.1) is 0 Å². The second kappa shape index (κ2) is 9.46. The zero-order valence-electron chi connectivity index (χ0n) is 15.9. The first-order valence-corrected chi connectivity index (χ1v) is 9.51. The van der Waals surface area contributed by atoms with Crippen LogP contribution in [0.15, 0.2) is 18.2 Å². The first-order chi connectivity index (χ1) is 12.6. The molecule has 1 aromatic carbocycles. The summed E-state index contributed by atoms with van der Waals surface area (Å²) in [6, 6.07) is 5.89. The number of nitrogens with zero attached hydrogens (tertiary/aromatic N) is 2. The molecule has 0 atom stereocenters. The smallest absolute Gasteiger partial charge is 0.339 e. The van der Waals surface area contributed by atoms with Crippen molar-refractivity contribution in [3.05, 3.63) is 34.9 Å². The molecule has 6 heteroatoms. The van der Waals surface area contributed by atoms with E-state index < -0.39 is 0 Å². The Kier molecular flexibility index (Phi) is 7.02. The molecule has 2 aliphatic rings. The Balaban J connectivity index is 1.67. The summed E-state index contributed by atoms with van der Waals surface area (Å²) in [4.78, 5) is 17.5. The third kappa shape index (κ3) is 5.27. The number of benzene rings is 1. The van der Waals surface area contributed by atoms with Crippen LogP contribution >= 0.6 is 0 Å². The minimum Gasteiger partial charge on any atom is -0.456 e. The minimum atomic E-state index is -0.216. The first-order valence-electron chi connectivity index (χ1n) is 9.51. The molecule has 26 heavy (non-hydrogen) atoms. The molecule has 0 saturated carbocycles. The van der Waals surface area contributed by atoms with Gasteiger partial charge in [-0.1, -0.05) is 18.2 Å². The zero-order chi connectivity index (χ0) is 18.4. The van der Waals surface area contributed by atoms with E-state index in [1.165, 1.54) is 0 Å². The van der Waals surface area contributed by atoms with Crippen LogP contribution in [0.5, 0.6) is 0 Å². The van der Waals surface area contributed by atoms with Gasteiger partial charge in [-0.05, 0) is 25.0 Å². The van der Waals surface area contributed by atoms with Gasteiger partial charge in [0.2, 0.25) is 0 Å². The van der Waals surface area contributed by atoms with E-state index in [0.29, 0.717) is 5.56 Å². The van der Waals surface area contributed by atoms with Crippen molar-refractivity contribution in [1.29, 1.82) is 0 Å². The number of esters is 1. The standard InChI is InChI=1S/C20H30N2O4/c1-16-4-3-5-17(2)19(16)20(23)26-18(14-21-6-10-24-11-7-21)15-22-8-12-25-13-9-22/h3-5,18H,6-15H2,1-2H3.